The molecule has 1 aliphatic carbocycles. The van der Waals surface area contributed by atoms with E-state index < -0.39 is 5.91 Å². The lowest BCUT2D eigenvalue weighted by molar-refractivity contribution is -0.119. The van der Waals surface area contributed by atoms with Crippen molar-refractivity contribution in [1.29, 1.82) is 0 Å². The van der Waals surface area contributed by atoms with Gasteiger partial charge >= 0.3 is 0 Å². The van der Waals surface area contributed by atoms with Gasteiger partial charge in [-0.15, -0.1) is 0 Å². The van der Waals surface area contributed by atoms with Crippen molar-refractivity contribution in [1.82, 2.24) is 14.8 Å². The molecule has 7 nitrogen and oxygen atoms in total. The number of rotatable bonds is 5. The number of aromatic nitrogens is 3. The Hall–Kier alpha value is -2.93. The summed E-state index contributed by atoms with van der Waals surface area (Å²) >= 11 is 5.99. The minimum absolute atomic E-state index is 0.0149. The van der Waals surface area contributed by atoms with Crippen LogP contribution in [0.1, 0.15) is 28.9 Å². The van der Waals surface area contributed by atoms with E-state index in [4.69, 9.17) is 17.3 Å². The van der Waals surface area contributed by atoms with Gasteiger partial charge in [-0.05, 0) is 36.6 Å². The van der Waals surface area contributed by atoms with E-state index in [1.165, 1.54) is 4.68 Å². The van der Waals surface area contributed by atoms with E-state index in [0.29, 0.717) is 17.4 Å². The quantitative estimate of drug-likeness (QED) is 0.685. The molecule has 1 aromatic carbocycles. The van der Waals surface area contributed by atoms with Crippen LogP contribution in [0.25, 0.3) is 10.9 Å². The Morgan fingerprint density at radius 1 is 1.30 bits per heavy atom. The standard InChI is InChI=1S/C19H18ClN5O2/c1-24-10-15(17(23-24)18(21)26)25(19(27)13-4-5-13)9-11-2-3-12-6-7-16(20)22-14(12)8-11/h2-3,6-8,10,13H,4-5,9H2,1H3,(H2,21,26). The number of nitrogens with two attached hydrogens (primary N) is 1. The number of hydrogen-bond donors (Lipinski definition) is 1. The molecule has 0 unspecified atom stereocenters. The van der Waals surface area contributed by atoms with Gasteiger partial charge in [-0.25, -0.2) is 4.98 Å². The van der Waals surface area contributed by atoms with Crippen LogP contribution < -0.4 is 10.6 Å². The lowest BCUT2D eigenvalue weighted by Gasteiger charge is -2.22. The SMILES string of the molecule is Cn1cc(N(Cc2ccc3ccc(Cl)nc3c2)C(=O)C2CC2)c(C(N)=O)n1. The number of fused-ring (bicyclic) bond motifs is 1. The third-order valence-electron chi connectivity index (χ3n) is 4.59. The Bertz CT molecular complexity index is 1060. The number of aryl methyl sites for hydroxylation is 1. The van der Waals surface area contributed by atoms with Crippen molar-refractivity contribution < 1.29 is 9.59 Å². The Labute approximate surface area is 160 Å². The van der Waals surface area contributed by atoms with Gasteiger partial charge in [-0.1, -0.05) is 23.7 Å². The maximum Gasteiger partial charge on any atom is 0.271 e. The maximum absolute atomic E-state index is 12.9. The Balaban J connectivity index is 1.74. The molecule has 2 amide bonds. The van der Waals surface area contributed by atoms with Crippen LogP contribution in [0.2, 0.25) is 5.15 Å². The average Bonchev–Trinajstić information content (AvgIpc) is 3.40. The van der Waals surface area contributed by atoms with Crippen LogP contribution in [-0.4, -0.2) is 26.6 Å². The van der Waals surface area contributed by atoms with Crippen molar-refractivity contribution in [2.75, 3.05) is 4.90 Å². The molecule has 1 fully saturated rings. The zero-order valence-corrected chi connectivity index (χ0v) is 15.5. The van der Waals surface area contributed by atoms with E-state index in [-0.39, 0.29) is 17.5 Å². The number of carbonyl (C=O) groups is 2. The van der Waals surface area contributed by atoms with E-state index >= 15 is 0 Å². The van der Waals surface area contributed by atoms with E-state index in [0.717, 1.165) is 29.3 Å². The number of amides is 2. The molecule has 0 radical (unpaired) electrons. The highest BCUT2D eigenvalue weighted by Crippen LogP contribution is 2.34. The highest BCUT2D eigenvalue weighted by Gasteiger charge is 2.36. The first-order chi connectivity index (χ1) is 12.9. The fourth-order valence-electron chi connectivity index (χ4n) is 3.10. The van der Waals surface area contributed by atoms with Gasteiger partial charge in [0.25, 0.3) is 5.91 Å². The second kappa shape index (κ2) is 6.66. The summed E-state index contributed by atoms with van der Waals surface area (Å²) in [6.07, 6.45) is 3.36. The predicted molar refractivity (Wildman–Crippen MR) is 102 cm³/mol. The van der Waals surface area contributed by atoms with Crippen molar-refractivity contribution in [2.45, 2.75) is 19.4 Å². The Morgan fingerprint density at radius 3 is 2.74 bits per heavy atom. The van der Waals surface area contributed by atoms with Crippen LogP contribution in [0.3, 0.4) is 0 Å². The average molecular weight is 384 g/mol. The molecule has 1 aliphatic rings. The molecule has 27 heavy (non-hydrogen) atoms. The second-order valence-corrected chi connectivity index (χ2v) is 7.15. The summed E-state index contributed by atoms with van der Waals surface area (Å²) in [5.41, 5.74) is 7.62. The molecule has 2 N–H and O–H groups in total. The summed E-state index contributed by atoms with van der Waals surface area (Å²) in [4.78, 5) is 30.6. The monoisotopic (exact) mass is 383 g/mol. The van der Waals surface area contributed by atoms with Gasteiger partial charge in [0.15, 0.2) is 5.69 Å². The normalized spacial score (nSPS) is 13.7. The molecular formula is C19H18ClN5O2. The first-order valence-electron chi connectivity index (χ1n) is 8.62. The molecule has 8 heteroatoms. The molecule has 2 heterocycles. The van der Waals surface area contributed by atoms with Gasteiger partial charge in [-0.3, -0.25) is 14.3 Å². The van der Waals surface area contributed by atoms with Gasteiger partial charge in [0.2, 0.25) is 5.91 Å². The molecule has 4 rings (SSSR count). The minimum Gasteiger partial charge on any atom is -0.364 e. The van der Waals surface area contributed by atoms with Crippen LogP contribution in [0.15, 0.2) is 36.5 Å². The predicted octanol–water partition coefficient (Wildman–Crippen LogP) is 2.66. The van der Waals surface area contributed by atoms with E-state index in [2.05, 4.69) is 10.1 Å². The van der Waals surface area contributed by atoms with Gasteiger partial charge in [0.1, 0.15) is 5.15 Å². The van der Waals surface area contributed by atoms with E-state index in [1.807, 2.05) is 24.3 Å². The minimum atomic E-state index is -0.661. The zero-order valence-electron chi connectivity index (χ0n) is 14.7. The summed E-state index contributed by atoms with van der Waals surface area (Å²) < 4.78 is 1.49. The van der Waals surface area contributed by atoms with Crippen molar-refractivity contribution in [3.05, 3.63) is 52.9 Å². The highest BCUT2D eigenvalue weighted by molar-refractivity contribution is 6.29. The molecule has 0 aliphatic heterocycles. The summed E-state index contributed by atoms with van der Waals surface area (Å²) in [5.74, 6) is -0.699. The number of benzene rings is 1. The van der Waals surface area contributed by atoms with Crippen LogP contribution >= 0.6 is 11.6 Å². The molecule has 138 valence electrons. The molecule has 0 spiro atoms. The third-order valence-corrected chi connectivity index (χ3v) is 4.80. The van der Waals surface area contributed by atoms with Crippen LogP contribution in [-0.2, 0) is 18.4 Å². The topological polar surface area (TPSA) is 94.1 Å². The van der Waals surface area contributed by atoms with Gasteiger partial charge in [-0.2, -0.15) is 5.10 Å². The number of hydrogen-bond acceptors (Lipinski definition) is 4. The number of nitrogens with zero attached hydrogens (tertiary/aromatic N) is 4. The smallest absolute Gasteiger partial charge is 0.271 e. The van der Waals surface area contributed by atoms with Crippen molar-refractivity contribution in [2.24, 2.45) is 18.7 Å². The summed E-state index contributed by atoms with van der Waals surface area (Å²) in [5, 5.41) is 5.49. The lowest BCUT2D eigenvalue weighted by atomic mass is 10.1. The molecule has 2 aromatic heterocycles. The largest absolute Gasteiger partial charge is 0.364 e. The number of carbonyl (C=O) groups excluding carboxylic acids is 2. The van der Waals surface area contributed by atoms with E-state index in [9.17, 15) is 9.59 Å². The Kier molecular flexibility index (Phi) is 4.31. The fraction of sp³-hybridized carbons (Fsp3) is 0.263. The van der Waals surface area contributed by atoms with Crippen LogP contribution in [0.5, 0.6) is 0 Å². The Morgan fingerprint density at radius 2 is 2.04 bits per heavy atom. The van der Waals surface area contributed by atoms with Gasteiger partial charge in [0.05, 0.1) is 17.7 Å². The lowest BCUT2D eigenvalue weighted by Crippen LogP contribution is -2.33. The van der Waals surface area contributed by atoms with Crippen molar-refractivity contribution in [3.8, 4) is 0 Å². The number of pyridine rings is 1. The first-order valence-corrected chi connectivity index (χ1v) is 9.00. The summed E-state index contributed by atoms with van der Waals surface area (Å²) in [6.45, 7) is 0.297. The molecule has 0 atom stereocenters. The number of halogens is 1. The van der Waals surface area contributed by atoms with Gasteiger partial charge < -0.3 is 10.6 Å². The summed E-state index contributed by atoms with van der Waals surface area (Å²) in [6, 6.07) is 9.40. The molecule has 1 saturated carbocycles. The molecular weight excluding hydrogens is 366 g/mol. The molecule has 0 saturated heterocycles. The van der Waals surface area contributed by atoms with Crippen molar-refractivity contribution in [3.63, 3.8) is 0 Å². The second-order valence-electron chi connectivity index (χ2n) is 6.76. The van der Waals surface area contributed by atoms with Gasteiger partial charge in [0, 0.05) is 24.5 Å². The maximum atomic E-state index is 12.9. The zero-order chi connectivity index (χ0) is 19.1. The van der Waals surface area contributed by atoms with Crippen LogP contribution in [0, 0.1) is 5.92 Å². The summed E-state index contributed by atoms with van der Waals surface area (Å²) in [7, 11) is 1.69. The fourth-order valence-corrected chi connectivity index (χ4v) is 3.25. The first kappa shape index (κ1) is 17.5. The highest BCUT2D eigenvalue weighted by atomic mass is 35.5. The molecule has 3 aromatic rings. The van der Waals surface area contributed by atoms with Crippen molar-refractivity contribution >= 4 is 40.0 Å². The number of primary amides is 1. The molecule has 0 bridgehead atoms. The number of anilines is 1. The third kappa shape index (κ3) is 3.50. The van der Waals surface area contributed by atoms with Crippen LogP contribution in [0.4, 0.5) is 5.69 Å². The van der Waals surface area contributed by atoms with E-state index in [1.54, 1.807) is 24.2 Å².